The highest BCUT2D eigenvalue weighted by atomic mass is 32.1. The van der Waals surface area contributed by atoms with E-state index in [0.717, 1.165) is 19.6 Å². The highest BCUT2D eigenvalue weighted by molar-refractivity contribution is 7.80. The van der Waals surface area contributed by atoms with Crippen LogP contribution >= 0.6 is 12.2 Å². The largest absolute Gasteiger partial charge is 0.393 e. The van der Waals surface area contributed by atoms with Crippen LogP contribution in [0.25, 0.3) is 0 Å². The van der Waals surface area contributed by atoms with Gasteiger partial charge in [0.25, 0.3) is 0 Å². The predicted molar refractivity (Wildman–Crippen MR) is 92.1 cm³/mol. The van der Waals surface area contributed by atoms with Gasteiger partial charge in [-0.2, -0.15) is 0 Å². The van der Waals surface area contributed by atoms with Crippen molar-refractivity contribution in [3.8, 4) is 0 Å². The van der Waals surface area contributed by atoms with Crippen LogP contribution in [-0.4, -0.2) is 29.5 Å². The molecule has 2 N–H and O–H groups in total. The highest BCUT2D eigenvalue weighted by Gasteiger charge is 2.19. The molecule has 1 atom stereocenters. The fraction of sp³-hybridized carbons (Fsp3) is 0.588. The van der Waals surface area contributed by atoms with Gasteiger partial charge < -0.3 is 10.6 Å². The summed E-state index contributed by atoms with van der Waals surface area (Å²) < 4.78 is 0. The van der Waals surface area contributed by atoms with Crippen LogP contribution in [0.15, 0.2) is 30.3 Å². The van der Waals surface area contributed by atoms with Crippen molar-refractivity contribution < 1.29 is 0 Å². The fourth-order valence-corrected chi connectivity index (χ4v) is 2.77. The summed E-state index contributed by atoms with van der Waals surface area (Å²) in [5.74, 6) is 1.44. The molecule has 1 aromatic rings. The molecule has 0 saturated heterocycles. The minimum absolute atomic E-state index is 0.142. The molecule has 0 aliphatic carbocycles. The summed E-state index contributed by atoms with van der Waals surface area (Å²) in [6, 6.07) is 10.4. The van der Waals surface area contributed by atoms with Gasteiger partial charge in [0, 0.05) is 25.6 Å². The Morgan fingerprint density at radius 1 is 1.00 bits per heavy atom. The number of nitrogens with zero attached hydrogens (tertiary/aromatic N) is 1. The maximum absolute atomic E-state index is 5.98. The molecule has 0 heterocycles. The number of benzene rings is 1. The third-order valence-corrected chi connectivity index (χ3v) is 3.52. The van der Waals surface area contributed by atoms with Gasteiger partial charge in [-0.3, -0.25) is 0 Å². The van der Waals surface area contributed by atoms with E-state index in [2.05, 4.69) is 56.9 Å². The molecule has 0 fully saturated rings. The van der Waals surface area contributed by atoms with Crippen molar-refractivity contribution in [2.75, 3.05) is 19.6 Å². The summed E-state index contributed by atoms with van der Waals surface area (Å²) in [5.41, 5.74) is 7.20. The Morgan fingerprint density at radius 2 is 1.50 bits per heavy atom. The third-order valence-electron chi connectivity index (χ3n) is 3.23. The van der Waals surface area contributed by atoms with Gasteiger partial charge in [-0.25, -0.2) is 0 Å². The summed E-state index contributed by atoms with van der Waals surface area (Å²) in [6.07, 6.45) is 0. The highest BCUT2D eigenvalue weighted by Crippen LogP contribution is 2.19. The maximum atomic E-state index is 5.98. The van der Waals surface area contributed by atoms with E-state index in [-0.39, 0.29) is 5.92 Å². The first-order valence-corrected chi connectivity index (χ1v) is 7.87. The van der Waals surface area contributed by atoms with Gasteiger partial charge >= 0.3 is 0 Å². The van der Waals surface area contributed by atoms with Crippen molar-refractivity contribution in [3.05, 3.63) is 35.9 Å². The summed E-state index contributed by atoms with van der Waals surface area (Å²) in [6.45, 7) is 12.1. The normalized spacial score (nSPS) is 13.2. The quantitative estimate of drug-likeness (QED) is 0.741. The lowest BCUT2D eigenvalue weighted by molar-refractivity contribution is 0.217. The van der Waals surface area contributed by atoms with Crippen molar-refractivity contribution in [1.82, 2.24) is 4.90 Å². The summed E-state index contributed by atoms with van der Waals surface area (Å²) in [7, 11) is 0. The van der Waals surface area contributed by atoms with Crippen LogP contribution in [0.5, 0.6) is 0 Å². The Bertz CT molecular complexity index is 391. The topological polar surface area (TPSA) is 29.3 Å². The number of hydrogen-bond donors (Lipinski definition) is 1. The molecule has 0 amide bonds. The van der Waals surface area contributed by atoms with Crippen molar-refractivity contribution in [1.29, 1.82) is 0 Å². The van der Waals surface area contributed by atoms with Crippen molar-refractivity contribution in [2.24, 2.45) is 17.6 Å². The van der Waals surface area contributed by atoms with Gasteiger partial charge in [0.15, 0.2) is 0 Å². The number of hydrogen-bond acceptors (Lipinski definition) is 2. The van der Waals surface area contributed by atoms with E-state index in [1.54, 1.807) is 0 Å². The average molecular weight is 292 g/mol. The van der Waals surface area contributed by atoms with Gasteiger partial charge in [-0.15, -0.1) is 0 Å². The van der Waals surface area contributed by atoms with Crippen LogP contribution in [-0.2, 0) is 0 Å². The second-order valence-corrected chi connectivity index (χ2v) is 6.84. The molecule has 0 radical (unpaired) electrons. The maximum Gasteiger partial charge on any atom is 0.0816 e. The van der Waals surface area contributed by atoms with Gasteiger partial charge in [0.1, 0.15) is 0 Å². The first-order valence-electron chi connectivity index (χ1n) is 7.46. The minimum atomic E-state index is 0.142. The molecule has 20 heavy (non-hydrogen) atoms. The van der Waals surface area contributed by atoms with Crippen LogP contribution < -0.4 is 5.73 Å². The first kappa shape index (κ1) is 17.1. The number of rotatable bonds is 8. The van der Waals surface area contributed by atoms with E-state index in [1.807, 2.05) is 6.07 Å². The summed E-state index contributed by atoms with van der Waals surface area (Å²) in [4.78, 5) is 3.08. The summed E-state index contributed by atoms with van der Waals surface area (Å²) >= 11 is 5.30. The Hall–Kier alpha value is -0.930. The lowest BCUT2D eigenvalue weighted by Gasteiger charge is -2.30. The molecular weight excluding hydrogens is 264 g/mol. The minimum Gasteiger partial charge on any atom is -0.393 e. The number of nitrogens with two attached hydrogens (primary N) is 1. The Labute approximate surface area is 129 Å². The zero-order valence-electron chi connectivity index (χ0n) is 13.2. The van der Waals surface area contributed by atoms with Crippen LogP contribution in [0.1, 0.15) is 39.2 Å². The predicted octanol–water partition coefficient (Wildman–Crippen LogP) is 3.67. The van der Waals surface area contributed by atoms with Crippen molar-refractivity contribution >= 4 is 17.2 Å². The zero-order chi connectivity index (χ0) is 15.1. The molecule has 1 rings (SSSR count). The molecule has 1 aromatic carbocycles. The van der Waals surface area contributed by atoms with Crippen LogP contribution in [0, 0.1) is 11.8 Å². The second kappa shape index (κ2) is 8.38. The average Bonchev–Trinajstić information content (AvgIpc) is 2.35. The third kappa shape index (κ3) is 6.02. The van der Waals surface area contributed by atoms with Crippen LogP contribution in [0.3, 0.4) is 0 Å². The van der Waals surface area contributed by atoms with E-state index in [0.29, 0.717) is 16.8 Å². The number of thiocarbonyl (C=S) groups is 1. The molecule has 0 saturated carbocycles. The standard InChI is InChI=1S/C17H28N2S/c1-13(2)10-19(11-14(3)4)12-16(17(18)20)15-8-6-5-7-9-15/h5-9,13-14,16H,10-12H2,1-4H3,(H2,18,20). The molecule has 0 spiro atoms. The SMILES string of the molecule is CC(C)CN(CC(C)C)CC(C(N)=S)c1ccccc1. The molecule has 112 valence electrons. The molecular formula is C17H28N2S. The molecule has 2 nitrogen and oxygen atoms in total. The van der Waals surface area contributed by atoms with Crippen molar-refractivity contribution in [2.45, 2.75) is 33.6 Å². The van der Waals surface area contributed by atoms with Crippen LogP contribution in [0.4, 0.5) is 0 Å². The molecule has 0 aromatic heterocycles. The molecule has 0 bridgehead atoms. The summed E-state index contributed by atoms with van der Waals surface area (Å²) in [5, 5.41) is 0. The first-order chi connectivity index (χ1) is 9.40. The Kier molecular flexibility index (Phi) is 7.17. The molecule has 1 unspecified atom stereocenters. The monoisotopic (exact) mass is 292 g/mol. The van der Waals surface area contributed by atoms with Gasteiger partial charge in [0.2, 0.25) is 0 Å². The van der Waals surface area contributed by atoms with Gasteiger partial charge in [-0.05, 0) is 17.4 Å². The van der Waals surface area contributed by atoms with Crippen LogP contribution in [0.2, 0.25) is 0 Å². The Morgan fingerprint density at radius 3 is 1.90 bits per heavy atom. The van der Waals surface area contributed by atoms with Crippen molar-refractivity contribution in [3.63, 3.8) is 0 Å². The lowest BCUT2D eigenvalue weighted by atomic mass is 9.97. The van der Waals surface area contributed by atoms with E-state index in [1.165, 1.54) is 5.56 Å². The van der Waals surface area contributed by atoms with E-state index >= 15 is 0 Å². The van der Waals surface area contributed by atoms with Gasteiger partial charge in [-0.1, -0.05) is 70.2 Å². The van der Waals surface area contributed by atoms with Gasteiger partial charge in [0.05, 0.1) is 4.99 Å². The van der Waals surface area contributed by atoms with E-state index in [4.69, 9.17) is 18.0 Å². The smallest absolute Gasteiger partial charge is 0.0816 e. The fourth-order valence-electron chi connectivity index (χ4n) is 2.56. The Balaban J connectivity index is 2.83. The van der Waals surface area contributed by atoms with E-state index in [9.17, 15) is 0 Å². The molecule has 3 heteroatoms. The molecule has 0 aliphatic heterocycles. The van der Waals surface area contributed by atoms with E-state index < -0.39 is 0 Å². The lowest BCUT2D eigenvalue weighted by Crippen LogP contribution is -2.38. The second-order valence-electron chi connectivity index (χ2n) is 6.37. The molecule has 0 aliphatic rings. The zero-order valence-corrected chi connectivity index (χ0v) is 14.0.